The molecule has 2 aromatic carbocycles. The molecule has 3 aromatic rings. The first kappa shape index (κ1) is 23.8. The Morgan fingerprint density at radius 3 is 2.47 bits per heavy atom. The highest BCUT2D eigenvalue weighted by molar-refractivity contribution is 6.46. The molecule has 0 bridgehead atoms. The van der Waals surface area contributed by atoms with Gasteiger partial charge in [-0.25, -0.2) is 0 Å². The number of benzene rings is 2. The third kappa shape index (κ3) is 4.79. The van der Waals surface area contributed by atoms with Crippen LogP contribution in [-0.2, 0) is 16.1 Å². The molecule has 1 atom stereocenters. The summed E-state index contributed by atoms with van der Waals surface area (Å²) in [5, 5.41) is 11.8. The van der Waals surface area contributed by atoms with E-state index in [-0.39, 0.29) is 22.9 Å². The Bertz CT molecular complexity index is 1240. The Morgan fingerprint density at radius 2 is 1.82 bits per heavy atom. The monoisotopic (exact) mass is 496 g/mol. The van der Waals surface area contributed by atoms with Crippen LogP contribution in [0, 0.1) is 0 Å². The number of ether oxygens (including phenoxy) is 1. The number of likely N-dealkylation sites (tertiary alicyclic amines) is 1. The van der Waals surface area contributed by atoms with Gasteiger partial charge in [-0.05, 0) is 60.5 Å². The lowest BCUT2D eigenvalue weighted by atomic mass is 9.95. The first-order chi connectivity index (χ1) is 16.4. The van der Waals surface area contributed by atoms with E-state index in [0.717, 1.165) is 6.42 Å². The molecule has 1 unspecified atom stereocenters. The van der Waals surface area contributed by atoms with Crippen LogP contribution in [0.25, 0.3) is 5.76 Å². The predicted octanol–water partition coefficient (Wildman–Crippen LogP) is 5.80. The van der Waals surface area contributed by atoms with Gasteiger partial charge >= 0.3 is 0 Å². The number of hydrogen-bond donors (Lipinski definition) is 1. The standard InChI is InChI=1S/C26H22Cl2N2O4/c1-2-13-34-19-9-6-16(7-10-19)24(31)22-23(17-8-11-20(27)21(28)14-17)30(26(33)25(22)32)15-18-5-3-4-12-29-18/h3-12,14,23,31H,2,13,15H2,1H3/b24-22-. The lowest BCUT2D eigenvalue weighted by Gasteiger charge is -2.25. The second kappa shape index (κ2) is 10.3. The Labute approximate surface area is 207 Å². The number of carbonyl (C=O) groups is 2. The lowest BCUT2D eigenvalue weighted by Crippen LogP contribution is -2.29. The third-order valence-electron chi connectivity index (χ3n) is 5.46. The maximum atomic E-state index is 13.2. The number of nitrogens with zero attached hydrogens (tertiary/aromatic N) is 2. The van der Waals surface area contributed by atoms with Crippen molar-refractivity contribution in [2.45, 2.75) is 25.9 Å². The minimum absolute atomic E-state index is 0.0263. The van der Waals surface area contributed by atoms with Crippen molar-refractivity contribution in [1.82, 2.24) is 9.88 Å². The van der Waals surface area contributed by atoms with Gasteiger partial charge in [0, 0.05) is 11.8 Å². The van der Waals surface area contributed by atoms with Gasteiger partial charge in [0.15, 0.2) is 0 Å². The molecule has 6 nitrogen and oxygen atoms in total. The van der Waals surface area contributed by atoms with E-state index in [1.165, 1.54) is 4.90 Å². The lowest BCUT2D eigenvalue weighted by molar-refractivity contribution is -0.140. The molecular formula is C26H22Cl2N2O4. The quantitative estimate of drug-likeness (QED) is 0.254. The fourth-order valence-corrected chi connectivity index (χ4v) is 4.13. The predicted molar refractivity (Wildman–Crippen MR) is 131 cm³/mol. The van der Waals surface area contributed by atoms with Gasteiger partial charge in [0.1, 0.15) is 11.5 Å². The SMILES string of the molecule is CCCOc1ccc(/C(O)=C2/C(=O)C(=O)N(Cc3ccccn3)C2c2ccc(Cl)c(Cl)c2)cc1. The van der Waals surface area contributed by atoms with E-state index in [1.54, 1.807) is 66.9 Å². The first-order valence-corrected chi connectivity index (χ1v) is 11.5. The molecule has 1 saturated heterocycles. The number of carbonyl (C=O) groups excluding carboxylic acids is 2. The summed E-state index contributed by atoms with van der Waals surface area (Å²) >= 11 is 12.3. The number of rotatable bonds is 7. The molecule has 1 aliphatic heterocycles. The maximum Gasteiger partial charge on any atom is 0.296 e. The molecule has 1 aromatic heterocycles. The Hall–Kier alpha value is -3.35. The molecule has 2 heterocycles. The zero-order valence-corrected chi connectivity index (χ0v) is 19.9. The fourth-order valence-electron chi connectivity index (χ4n) is 3.82. The molecule has 0 spiro atoms. The van der Waals surface area contributed by atoms with Crippen LogP contribution in [-0.4, -0.2) is 33.3 Å². The highest BCUT2D eigenvalue weighted by Crippen LogP contribution is 2.41. The number of aliphatic hydroxyl groups excluding tert-OH is 1. The zero-order valence-electron chi connectivity index (χ0n) is 18.4. The van der Waals surface area contributed by atoms with E-state index in [1.807, 2.05) is 6.92 Å². The van der Waals surface area contributed by atoms with Crippen molar-refractivity contribution in [1.29, 1.82) is 0 Å². The minimum Gasteiger partial charge on any atom is -0.507 e. The van der Waals surface area contributed by atoms with Crippen LogP contribution >= 0.6 is 23.2 Å². The van der Waals surface area contributed by atoms with Crippen molar-refractivity contribution >= 4 is 40.7 Å². The summed E-state index contributed by atoms with van der Waals surface area (Å²) in [5.41, 5.74) is 1.52. The van der Waals surface area contributed by atoms with E-state index in [9.17, 15) is 14.7 Å². The number of ketones is 1. The maximum absolute atomic E-state index is 13.2. The second-order valence-electron chi connectivity index (χ2n) is 7.79. The summed E-state index contributed by atoms with van der Waals surface area (Å²) in [6.07, 6.45) is 2.48. The number of Topliss-reactive ketones (excluding diaryl/α,β-unsaturated/α-hetero) is 1. The smallest absolute Gasteiger partial charge is 0.296 e. The summed E-state index contributed by atoms with van der Waals surface area (Å²) in [7, 11) is 0. The molecule has 1 amide bonds. The van der Waals surface area contributed by atoms with Gasteiger partial charge in [-0.1, -0.05) is 42.3 Å². The molecule has 8 heteroatoms. The average molecular weight is 497 g/mol. The Balaban J connectivity index is 1.80. The van der Waals surface area contributed by atoms with Crippen molar-refractivity contribution in [2.24, 2.45) is 0 Å². The minimum atomic E-state index is -0.868. The largest absolute Gasteiger partial charge is 0.507 e. The molecular weight excluding hydrogens is 475 g/mol. The van der Waals surface area contributed by atoms with Crippen LogP contribution in [0.4, 0.5) is 0 Å². The van der Waals surface area contributed by atoms with Crippen LogP contribution < -0.4 is 4.74 Å². The van der Waals surface area contributed by atoms with E-state index in [4.69, 9.17) is 27.9 Å². The number of halogens is 2. The molecule has 174 valence electrons. The van der Waals surface area contributed by atoms with Crippen LogP contribution in [0.2, 0.25) is 10.0 Å². The van der Waals surface area contributed by atoms with E-state index in [2.05, 4.69) is 4.98 Å². The molecule has 0 saturated carbocycles. The van der Waals surface area contributed by atoms with Crippen molar-refractivity contribution in [3.05, 3.63) is 99.3 Å². The third-order valence-corrected chi connectivity index (χ3v) is 6.20. The highest BCUT2D eigenvalue weighted by Gasteiger charge is 2.46. The van der Waals surface area contributed by atoms with Gasteiger partial charge < -0.3 is 14.7 Å². The van der Waals surface area contributed by atoms with Crippen molar-refractivity contribution < 1.29 is 19.4 Å². The summed E-state index contributed by atoms with van der Waals surface area (Å²) < 4.78 is 5.59. The van der Waals surface area contributed by atoms with Crippen molar-refractivity contribution in [3.63, 3.8) is 0 Å². The second-order valence-corrected chi connectivity index (χ2v) is 8.61. The average Bonchev–Trinajstić information content (AvgIpc) is 3.10. The van der Waals surface area contributed by atoms with Crippen molar-refractivity contribution in [3.8, 4) is 5.75 Å². The number of hydrogen-bond acceptors (Lipinski definition) is 5. The fraction of sp³-hybridized carbons (Fsp3) is 0.192. The van der Waals surface area contributed by atoms with E-state index in [0.29, 0.717) is 34.2 Å². The van der Waals surface area contributed by atoms with Crippen LogP contribution in [0.15, 0.2) is 72.4 Å². The molecule has 1 fully saturated rings. The molecule has 0 aliphatic carbocycles. The van der Waals surface area contributed by atoms with Gasteiger partial charge in [0.2, 0.25) is 0 Å². The van der Waals surface area contributed by atoms with Crippen LogP contribution in [0.3, 0.4) is 0 Å². The zero-order chi connectivity index (χ0) is 24.2. The first-order valence-electron chi connectivity index (χ1n) is 10.8. The number of aromatic nitrogens is 1. The molecule has 1 aliphatic rings. The summed E-state index contributed by atoms with van der Waals surface area (Å²) in [6, 6.07) is 16.1. The summed E-state index contributed by atoms with van der Waals surface area (Å²) in [6.45, 7) is 2.66. The summed E-state index contributed by atoms with van der Waals surface area (Å²) in [5.74, 6) is -1.14. The van der Waals surface area contributed by atoms with Gasteiger partial charge in [0.25, 0.3) is 11.7 Å². The normalized spacial score (nSPS) is 17.3. The van der Waals surface area contributed by atoms with Gasteiger partial charge in [-0.3, -0.25) is 14.6 Å². The molecule has 0 radical (unpaired) electrons. The van der Waals surface area contributed by atoms with Gasteiger partial charge in [-0.2, -0.15) is 0 Å². The Kier molecular flexibility index (Phi) is 7.20. The number of amides is 1. The Morgan fingerprint density at radius 1 is 1.06 bits per heavy atom. The van der Waals surface area contributed by atoms with Gasteiger partial charge in [-0.15, -0.1) is 0 Å². The van der Waals surface area contributed by atoms with E-state index < -0.39 is 17.7 Å². The topological polar surface area (TPSA) is 79.7 Å². The number of aliphatic hydroxyl groups is 1. The van der Waals surface area contributed by atoms with Crippen molar-refractivity contribution in [2.75, 3.05) is 6.61 Å². The van der Waals surface area contributed by atoms with Crippen LogP contribution in [0.1, 0.15) is 36.2 Å². The number of pyridine rings is 1. The van der Waals surface area contributed by atoms with E-state index >= 15 is 0 Å². The molecule has 4 rings (SSSR count). The molecule has 34 heavy (non-hydrogen) atoms. The van der Waals surface area contributed by atoms with Crippen LogP contribution in [0.5, 0.6) is 5.75 Å². The highest BCUT2D eigenvalue weighted by atomic mass is 35.5. The summed E-state index contributed by atoms with van der Waals surface area (Å²) in [4.78, 5) is 31.9. The van der Waals surface area contributed by atoms with Gasteiger partial charge in [0.05, 0.1) is 40.5 Å². The molecule has 1 N–H and O–H groups in total.